The summed E-state index contributed by atoms with van der Waals surface area (Å²) < 4.78 is 17.7. The molecule has 4 aliphatic heterocycles. The Balaban J connectivity index is 0.832. The van der Waals surface area contributed by atoms with Gasteiger partial charge in [-0.2, -0.15) is 4.98 Å². The predicted molar refractivity (Wildman–Crippen MR) is 213 cm³/mol. The van der Waals surface area contributed by atoms with E-state index >= 15 is 4.39 Å². The molecule has 16 heteroatoms. The van der Waals surface area contributed by atoms with Gasteiger partial charge in [0.25, 0.3) is 5.91 Å². The number of aromatic nitrogens is 4. The number of fused-ring (bicyclic) bond motifs is 2. The van der Waals surface area contributed by atoms with Crippen molar-refractivity contribution in [3.05, 3.63) is 59.8 Å². The molecular weight excluding hydrogens is 730 g/mol. The third kappa shape index (κ3) is 6.33. The highest BCUT2D eigenvalue weighted by Crippen LogP contribution is 2.50. The quantitative estimate of drug-likeness (QED) is 0.250. The third-order valence-electron chi connectivity index (χ3n) is 12.5. The number of halogens is 1. The summed E-state index contributed by atoms with van der Waals surface area (Å²) in [5.74, 6) is -0.809. The number of hydrogen-bond acceptors (Lipinski definition) is 11. The van der Waals surface area contributed by atoms with Gasteiger partial charge in [-0.25, -0.2) is 14.4 Å². The van der Waals surface area contributed by atoms with Crippen LogP contribution < -0.4 is 25.3 Å². The molecule has 4 amide bonds. The number of carbonyl (C=O) groups excluding carboxylic acids is 4. The minimum absolute atomic E-state index is 0.0421. The number of anilines is 5. The zero-order valence-electron chi connectivity index (χ0n) is 32.8. The summed E-state index contributed by atoms with van der Waals surface area (Å²) >= 11 is 0. The van der Waals surface area contributed by atoms with Gasteiger partial charge in [0.1, 0.15) is 29.0 Å². The summed E-state index contributed by atoms with van der Waals surface area (Å²) in [4.78, 5) is 75.5. The van der Waals surface area contributed by atoms with Crippen LogP contribution in [0, 0.1) is 5.82 Å². The third-order valence-corrected chi connectivity index (χ3v) is 12.5. The zero-order valence-corrected chi connectivity index (χ0v) is 32.8. The summed E-state index contributed by atoms with van der Waals surface area (Å²) in [6.07, 6.45) is 8.22. The van der Waals surface area contributed by atoms with Crippen molar-refractivity contribution in [2.24, 2.45) is 0 Å². The normalized spacial score (nSPS) is 21.6. The summed E-state index contributed by atoms with van der Waals surface area (Å²) in [5.41, 5.74) is 2.95. The topological polar surface area (TPSA) is 152 Å². The van der Waals surface area contributed by atoms with Gasteiger partial charge in [0.05, 0.1) is 23.0 Å². The molecule has 4 fully saturated rings. The highest BCUT2D eigenvalue weighted by atomic mass is 19.1. The highest BCUT2D eigenvalue weighted by Gasteiger charge is 2.53. The van der Waals surface area contributed by atoms with Gasteiger partial charge in [0, 0.05) is 94.7 Å². The van der Waals surface area contributed by atoms with Crippen molar-refractivity contribution < 1.29 is 23.6 Å². The van der Waals surface area contributed by atoms with Gasteiger partial charge in [-0.05, 0) is 63.4 Å². The minimum atomic E-state index is -1.04. The van der Waals surface area contributed by atoms with Crippen LogP contribution in [0.2, 0.25) is 0 Å². The first kappa shape index (κ1) is 37.0. The fourth-order valence-electron chi connectivity index (χ4n) is 9.39. The van der Waals surface area contributed by atoms with Crippen molar-refractivity contribution in [3.8, 4) is 0 Å². The van der Waals surface area contributed by atoms with Crippen molar-refractivity contribution in [1.29, 1.82) is 0 Å². The Morgan fingerprint density at radius 3 is 2.37 bits per heavy atom. The lowest BCUT2D eigenvalue weighted by Gasteiger charge is -2.50. The maximum absolute atomic E-state index is 15.6. The second kappa shape index (κ2) is 14.1. The van der Waals surface area contributed by atoms with Crippen LogP contribution in [-0.4, -0.2) is 118 Å². The molecule has 1 aliphatic carbocycles. The molecule has 7 heterocycles. The largest absolute Gasteiger partial charge is 0.368 e. The number of carbonyl (C=O) groups is 4. The molecule has 57 heavy (non-hydrogen) atoms. The molecule has 0 unspecified atom stereocenters. The fourth-order valence-corrected chi connectivity index (χ4v) is 9.39. The molecule has 0 radical (unpaired) electrons. The Hall–Kier alpha value is -5.64. The first-order valence-electron chi connectivity index (χ1n) is 20.0. The molecule has 0 bridgehead atoms. The molecule has 3 saturated heterocycles. The van der Waals surface area contributed by atoms with E-state index in [0.29, 0.717) is 29.1 Å². The molecule has 1 saturated carbocycles. The average Bonchev–Trinajstić information content (AvgIpc) is 3.89. The van der Waals surface area contributed by atoms with Crippen LogP contribution in [0.1, 0.15) is 74.5 Å². The van der Waals surface area contributed by atoms with Crippen molar-refractivity contribution in [3.63, 3.8) is 0 Å². The van der Waals surface area contributed by atoms with Crippen molar-refractivity contribution in [1.82, 2.24) is 34.6 Å². The highest BCUT2D eigenvalue weighted by molar-refractivity contribution is 6.15. The second-order valence-corrected chi connectivity index (χ2v) is 16.7. The first-order valence-corrected chi connectivity index (χ1v) is 20.0. The smallest absolute Gasteiger partial charge is 0.270 e. The predicted octanol–water partition coefficient (Wildman–Crippen LogP) is 3.97. The van der Waals surface area contributed by atoms with E-state index in [1.54, 1.807) is 45.1 Å². The maximum Gasteiger partial charge on any atom is 0.270 e. The van der Waals surface area contributed by atoms with E-state index in [4.69, 9.17) is 9.97 Å². The van der Waals surface area contributed by atoms with Crippen LogP contribution in [0.15, 0.2) is 42.7 Å². The number of benzene rings is 1. The van der Waals surface area contributed by atoms with Gasteiger partial charge in [0.15, 0.2) is 0 Å². The standard InChI is InChI=1S/C41H48FN11O4/c1-41(2)34-29(11-10-28(42)35(34)53(39(41)57)30-12-14-33(54)46-37(30)55)51-22-27(23-51)50-17-15-49(16-18-50)26-9-13-32(43-21-26)45-40-44-20-24-19-31(38(56)48(3)4)52(36(24)47-40)25-7-5-6-8-25/h9-11,13,19-21,25,27,30H,5-8,12,14-18,22-23H2,1-4H3,(H,46,54,55)(H,43,44,45,47)/t30-/m1/s1. The molecular formula is C41H48FN11O4. The van der Waals surface area contributed by atoms with Gasteiger partial charge in [-0.15, -0.1) is 0 Å². The summed E-state index contributed by atoms with van der Waals surface area (Å²) in [5, 5.41) is 6.42. The Labute approximate surface area is 330 Å². The molecule has 5 aliphatic rings. The van der Waals surface area contributed by atoms with Gasteiger partial charge >= 0.3 is 0 Å². The number of hydrogen-bond donors (Lipinski definition) is 2. The van der Waals surface area contributed by atoms with E-state index in [1.807, 2.05) is 18.3 Å². The van der Waals surface area contributed by atoms with E-state index < -0.39 is 23.2 Å². The van der Waals surface area contributed by atoms with Crippen LogP contribution in [-0.2, 0) is 19.8 Å². The fraction of sp³-hybridized carbons (Fsp3) is 0.488. The van der Waals surface area contributed by atoms with Crippen LogP contribution in [0.3, 0.4) is 0 Å². The summed E-state index contributed by atoms with van der Waals surface area (Å²) in [6.45, 7) is 8.48. The lowest BCUT2D eigenvalue weighted by molar-refractivity contribution is -0.136. The number of piperazine rings is 1. The first-order chi connectivity index (χ1) is 27.4. The molecule has 0 spiro atoms. The molecule has 9 rings (SSSR count). The van der Waals surface area contributed by atoms with Gasteiger partial charge in [0.2, 0.25) is 23.7 Å². The SMILES string of the molecule is CN(C)C(=O)c1cc2cnc(Nc3ccc(N4CCN(C5CN(c6ccc(F)c7c6C(C)(C)C(=O)N7[C@@H]6CCC(=O)NC6=O)C5)CC4)cn3)nc2n1C1CCCC1. The zero-order chi connectivity index (χ0) is 39.7. The summed E-state index contributed by atoms with van der Waals surface area (Å²) in [7, 11) is 3.54. The molecule has 1 aromatic carbocycles. The van der Waals surface area contributed by atoms with Crippen LogP contribution >= 0.6 is 0 Å². The Bertz CT molecular complexity index is 2270. The van der Waals surface area contributed by atoms with Gasteiger partial charge in [-0.3, -0.25) is 34.3 Å². The monoisotopic (exact) mass is 777 g/mol. The Morgan fingerprint density at radius 1 is 0.930 bits per heavy atom. The van der Waals surface area contributed by atoms with Crippen molar-refractivity contribution in [2.75, 3.05) is 73.4 Å². The number of nitrogens with zero attached hydrogens (tertiary/aromatic N) is 9. The number of piperidine rings is 1. The van der Waals surface area contributed by atoms with E-state index in [9.17, 15) is 19.2 Å². The maximum atomic E-state index is 15.6. The van der Waals surface area contributed by atoms with Crippen molar-refractivity contribution >= 4 is 63.5 Å². The average molecular weight is 778 g/mol. The van der Waals surface area contributed by atoms with Crippen LogP contribution in [0.4, 0.5) is 33.2 Å². The molecule has 298 valence electrons. The number of imide groups is 1. The summed E-state index contributed by atoms with van der Waals surface area (Å²) in [6, 6.07) is 8.64. The van der Waals surface area contributed by atoms with Crippen molar-refractivity contribution in [2.45, 2.75) is 75.9 Å². The van der Waals surface area contributed by atoms with E-state index in [1.165, 1.54) is 11.0 Å². The Kier molecular flexibility index (Phi) is 9.13. The number of pyridine rings is 1. The van der Waals surface area contributed by atoms with Gasteiger partial charge in [-0.1, -0.05) is 12.8 Å². The lowest BCUT2D eigenvalue weighted by atomic mass is 9.83. The van der Waals surface area contributed by atoms with E-state index in [-0.39, 0.29) is 42.3 Å². The van der Waals surface area contributed by atoms with E-state index in [0.717, 1.165) is 87.4 Å². The number of nitrogens with one attached hydrogen (secondary N) is 2. The molecule has 1 atom stereocenters. The Morgan fingerprint density at radius 2 is 1.68 bits per heavy atom. The van der Waals surface area contributed by atoms with Crippen LogP contribution in [0.25, 0.3) is 11.0 Å². The molecule has 2 N–H and O–H groups in total. The molecule has 3 aromatic heterocycles. The minimum Gasteiger partial charge on any atom is -0.368 e. The second-order valence-electron chi connectivity index (χ2n) is 16.7. The number of amides is 4. The molecule has 4 aromatic rings. The van der Waals surface area contributed by atoms with Crippen LogP contribution in [0.5, 0.6) is 0 Å². The molecule has 15 nitrogen and oxygen atoms in total. The van der Waals surface area contributed by atoms with E-state index in [2.05, 4.69) is 41.0 Å². The lowest BCUT2D eigenvalue weighted by Crippen LogP contribution is -2.63. The number of rotatable bonds is 8. The van der Waals surface area contributed by atoms with Gasteiger partial charge < -0.3 is 24.6 Å².